The molecule has 0 bridgehead atoms. The van der Waals surface area contributed by atoms with Crippen molar-refractivity contribution in [2.45, 2.75) is 95.5 Å². The van der Waals surface area contributed by atoms with E-state index < -0.39 is 24.4 Å². The summed E-state index contributed by atoms with van der Waals surface area (Å²) in [6.07, 6.45) is 6.67. The number of hydrogen-bond donors (Lipinski definition) is 3. The maximum atomic E-state index is 11.7. The van der Waals surface area contributed by atoms with Gasteiger partial charge in [-0.25, -0.2) is 0 Å². The number of carbonyl (C=O) groups is 1. The van der Waals surface area contributed by atoms with Gasteiger partial charge in [-0.05, 0) is 6.42 Å². The molecule has 6 nitrogen and oxygen atoms in total. The second-order valence-corrected chi connectivity index (χ2v) is 6.68. The summed E-state index contributed by atoms with van der Waals surface area (Å²) < 4.78 is 10.3. The number of aliphatic hydroxyl groups is 3. The fourth-order valence-corrected chi connectivity index (χ4v) is 2.84. The minimum absolute atomic E-state index is 0.0707. The standard InChI is InChI=1S/C18H34O6/c1-2-3-4-5-6-7-8-9-10-11-16(20)24-13-15-18(22)17(21)14(19)12-23-15/h14-15,17-19,21-22H,2-13H2,1H3/t14-,15-,17-,18-/m1/s1. The van der Waals surface area contributed by atoms with Crippen molar-refractivity contribution in [3.63, 3.8) is 0 Å². The summed E-state index contributed by atoms with van der Waals surface area (Å²) >= 11 is 0. The number of unbranched alkanes of at least 4 members (excludes halogenated alkanes) is 8. The molecular formula is C18H34O6. The van der Waals surface area contributed by atoms with Gasteiger partial charge < -0.3 is 24.8 Å². The van der Waals surface area contributed by atoms with Gasteiger partial charge in [0.15, 0.2) is 0 Å². The Morgan fingerprint density at radius 3 is 2.17 bits per heavy atom. The number of carbonyl (C=O) groups excluding carboxylic acids is 1. The first-order valence-corrected chi connectivity index (χ1v) is 9.37. The van der Waals surface area contributed by atoms with Crippen LogP contribution in [0.5, 0.6) is 0 Å². The van der Waals surface area contributed by atoms with Crippen molar-refractivity contribution in [1.82, 2.24) is 0 Å². The van der Waals surface area contributed by atoms with Crippen molar-refractivity contribution < 1.29 is 29.6 Å². The molecule has 1 rings (SSSR count). The molecule has 1 fully saturated rings. The van der Waals surface area contributed by atoms with Gasteiger partial charge in [-0.2, -0.15) is 0 Å². The van der Waals surface area contributed by atoms with Gasteiger partial charge in [0.2, 0.25) is 0 Å². The summed E-state index contributed by atoms with van der Waals surface area (Å²) in [5, 5.41) is 28.6. The van der Waals surface area contributed by atoms with E-state index in [-0.39, 0.29) is 19.2 Å². The molecule has 0 aromatic carbocycles. The van der Waals surface area contributed by atoms with Crippen molar-refractivity contribution in [3.8, 4) is 0 Å². The van der Waals surface area contributed by atoms with E-state index in [1.807, 2.05) is 0 Å². The van der Waals surface area contributed by atoms with Gasteiger partial charge in [0, 0.05) is 6.42 Å². The largest absolute Gasteiger partial charge is 0.463 e. The van der Waals surface area contributed by atoms with Crippen LogP contribution in [-0.4, -0.2) is 58.9 Å². The zero-order valence-corrected chi connectivity index (χ0v) is 14.9. The average Bonchev–Trinajstić information content (AvgIpc) is 2.57. The summed E-state index contributed by atoms with van der Waals surface area (Å²) in [7, 11) is 0. The summed E-state index contributed by atoms with van der Waals surface area (Å²) in [5.74, 6) is -0.311. The predicted octanol–water partition coefficient (Wildman–Crippen LogP) is 1.93. The highest BCUT2D eigenvalue weighted by Gasteiger charge is 2.38. The first-order valence-electron chi connectivity index (χ1n) is 9.37. The highest BCUT2D eigenvalue weighted by Crippen LogP contribution is 2.16. The van der Waals surface area contributed by atoms with Crippen molar-refractivity contribution in [1.29, 1.82) is 0 Å². The molecule has 0 aliphatic carbocycles. The van der Waals surface area contributed by atoms with Crippen LogP contribution in [-0.2, 0) is 14.3 Å². The molecular weight excluding hydrogens is 312 g/mol. The highest BCUT2D eigenvalue weighted by atomic mass is 16.6. The van der Waals surface area contributed by atoms with Gasteiger partial charge >= 0.3 is 5.97 Å². The van der Waals surface area contributed by atoms with Crippen LogP contribution >= 0.6 is 0 Å². The number of hydrogen-bond acceptors (Lipinski definition) is 6. The quantitative estimate of drug-likeness (QED) is 0.369. The maximum absolute atomic E-state index is 11.7. The minimum atomic E-state index is -1.26. The Morgan fingerprint density at radius 2 is 1.54 bits per heavy atom. The fraction of sp³-hybridized carbons (Fsp3) is 0.944. The Bertz CT molecular complexity index is 335. The molecule has 3 N–H and O–H groups in total. The molecule has 0 amide bonds. The lowest BCUT2D eigenvalue weighted by Crippen LogP contribution is -2.54. The number of esters is 1. The van der Waals surface area contributed by atoms with E-state index in [1.165, 1.54) is 38.5 Å². The minimum Gasteiger partial charge on any atom is -0.463 e. The van der Waals surface area contributed by atoms with E-state index in [4.69, 9.17) is 9.47 Å². The molecule has 1 aliphatic rings. The summed E-state index contributed by atoms with van der Waals surface area (Å²) in [5.41, 5.74) is 0. The van der Waals surface area contributed by atoms with Crippen LogP contribution in [0.1, 0.15) is 71.1 Å². The van der Waals surface area contributed by atoms with Crippen molar-refractivity contribution in [2.75, 3.05) is 13.2 Å². The monoisotopic (exact) mass is 346 g/mol. The molecule has 0 radical (unpaired) electrons. The Hall–Kier alpha value is -0.690. The molecule has 0 aromatic heterocycles. The topological polar surface area (TPSA) is 96.2 Å². The van der Waals surface area contributed by atoms with Crippen molar-refractivity contribution >= 4 is 5.97 Å². The van der Waals surface area contributed by atoms with Crippen LogP contribution in [0.25, 0.3) is 0 Å². The normalized spacial score (nSPS) is 27.2. The third kappa shape index (κ3) is 8.42. The molecule has 6 heteroatoms. The summed E-state index contributed by atoms with van der Waals surface area (Å²) in [4.78, 5) is 11.7. The lowest BCUT2D eigenvalue weighted by molar-refractivity contribution is -0.201. The molecule has 0 aromatic rings. The van der Waals surface area contributed by atoms with Gasteiger partial charge in [-0.3, -0.25) is 4.79 Å². The first-order chi connectivity index (χ1) is 11.6. The van der Waals surface area contributed by atoms with Crippen LogP contribution in [0.4, 0.5) is 0 Å². The van der Waals surface area contributed by atoms with Gasteiger partial charge in [-0.15, -0.1) is 0 Å². The Labute approximate surface area is 145 Å². The van der Waals surface area contributed by atoms with Crippen molar-refractivity contribution in [2.24, 2.45) is 0 Å². The molecule has 24 heavy (non-hydrogen) atoms. The molecule has 1 heterocycles. The Morgan fingerprint density at radius 1 is 0.958 bits per heavy atom. The second-order valence-electron chi connectivity index (χ2n) is 6.68. The summed E-state index contributed by atoms with van der Waals surface area (Å²) in [6, 6.07) is 0. The van der Waals surface area contributed by atoms with Gasteiger partial charge in [0.05, 0.1) is 6.61 Å². The maximum Gasteiger partial charge on any atom is 0.305 e. The predicted molar refractivity (Wildman–Crippen MR) is 90.6 cm³/mol. The third-order valence-corrected chi connectivity index (χ3v) is 4.50. The number of rotatable bonds is 12. The molecule has 142 valence electrons. The smallest absolute Gasteiger partial charge is 0.305 e. The average molecular weight is 346 g/mol. The molecule has 0 saturated carbocycles. The van der Waals surface area contributed by atoms with E-state index in [1.54, 1.807) is 0 Å². The zero-order chi connectivity index (χ0) is 17.8. The van der Waals surface area contributed by atoms with Crippen LogP contribution in [0.15, 0.2) is 0 Å². The summed E-state index contributed by atoms with van der Waals surface area (Å²) in [6.45, 7) is 2.05. The molecule has 1 saturated heterocycles. The fourth-order valence-electron chi connectivity index (χ4n) is 2.84. The van der Waals surface area contributed by atoms with E-state index in [0.717, 1.165) is 19.3 Å². The third-order valence-electron chi connectivity index (χ3n) is 4.50. The van der Waals surface area contributed by atoms with E-state index in [0.29, 0.717) is 6.42 Å². The SMILES string of the molecule is CCCCCCCCCCCC(=O)OC[C@H]1OC[C@@H](O)[C@@H](O)[C@@H]1O. The molecule has 0 unspecified atom stereocenters. The Balaban J connectivity index is 1.98. The lowest BCUT2D eigenvalue weighted by atomic mass is 10.0. The van der Waals surface area contributed by atoms with Crippen LogP contribution < -0.4 is 0 Å². The lowest BCUT2D eigenvalue weighted by Gasteiger charge is -2.34. The van der Waals surface area contributed by atoms with Crippen LogP contribution in [0.2, 0.25) is 0 Å². The van der Waals surface area contributed by atoms with Gasteiger partial charge in [0.25, 0.3) is 0 Å². The second kappa shape index (κ2) is 12.6. The van der Waals surface area contributed by atoms with E-state index in [9.17, 15) is 20.1 Å². The zero-order valence-electron chi connectivity index (χ0n) is 14.9. The molecule has 1 aliphatic heterocycles. The van der Waals surface area contributed by atoms with Gasteiger partial charge in [-0.1, -0.05) is 58.3 Å². The van der Waals surface area contributed by atoms with Crippen LogP contribution in [0.3, 0.4) is 0 Å². The van der Waals surface area contributed by atoms with Gasteiger partial charge in [0.1, 0.15) is 31.0 Å². The first kappa shape index (κ1) is 21.4. The van der Waals surface area contributed by atoms with E-state index in [2.05, 4.69) is 6.92 Å². The van der Waals surface area contributed by atoms with Crippen LogP contribution in [0, 0.1) is 0 Å². The molecule has 0 spiro atoms. The van der Waals surface area contributed by atoms with Crippen molar-refractivity contribution in [3.05, 3.63) is 0 Å². The Kier molecular flexibility index (Phi) is 11.2. The van der Waals surface area contributed by atoms with E-state index >= 15 is 0 Å². The molecule has 4 atom stereocenters. The number of ether oxygens (including phenoxy) is 2. The highest BCUT2D eigenvalue weighted by molar-refractivity contribution is 5.69. The number of aliphatic hydroxyl groups excluding tert-OH is 3.